The molecule has 0 radical (unpaired) electrons. The predicted octanol–water partition coefficient (Wildman–Crippen LogP) is 7.43. The van der Waals surface area contributed by atoms with E-state index in [4.69, 9.17) is 59.5 Å². The summed E-state index contributed by atoms with van der Waals surface area (Å²) in [7, 11) is 0. The number of carbonyl (C=O) groups excluding carboxylic acids is 1. The molecule has 2 N–H and O–H groups in total. The summed E-state index contributed by atoms with van der Waals surface area (Å²) in [6.07, 6.45) is 0. The number of nitrogens with two attached hydrogens (primary N) is 1. The van der Waals surface area contributed by atoms with Crippen LogP contribution < -0.4 is 24.7 Å². The number of hydrogen-bond acceptors (Lipinski definition) is 7. The second-order valence-electron chi connectivity index (χ2n) is 8.91. The number of ether oxygens (including phenoxy) is 4. The van der Waals surface area contributed by atoms with Gasteiger partial charge < -0.3 is 24.7 Å². The number of halogens is 3. The molecular weight excluding hydrogens is 587 g/mol. The highest BCUT2D eigenvalue weighted by Gasteiger charge is 2.31. The molecule has 0 fully saturated rings. The SMILES string of the molecule is N#CC1=C(N)Oc2cc(OC(=O)COc3ccccc3Cl)ccc2C1c1ccc(OCc2ccc(Cl)cc2Cl)cc1. The quantitative estimate of drug-likeness (QED) is 0.164. The van der Waals surface area contributed by atoms with E-state index in [1.165, 1.54) is 0 Å². The molecule has 7 nitrogen and oxygen atoms in total. The molecule has 4 aromatic rings. The van der Waals surface area contributed by atoms with Crippen LogP contribution >= 0.6 is 34.8 Å². The van der Waals surface area contributed by atoms with Crippen molar-refractivity contribution in [2.24, 2.45) is 5.73 Å². The molecule has 0 amide bonds. The Hall–Kier alpha value is -4.35. The van der Waals surface area contributed by atoms with Crippen molar-refractivity contribution in [1.82, 2.24) is 0 Å². The first-order valence-corrected chi connectivity index (χ1v) is 13.4. The van der Waals surface area contributed by atoms with Gasteiger partial charge in [-0.3, -0.25) is 0 Å². The minimum Gasteiger partial charge on any atom is -0.489 e. The lowest BCUT2D eigenvalue weighted by atomic mass is 9.83. The summed E-state index contributed by atoms with van der Waals surface area (Å²) in [6.45, 7) is -0.0831. The number of hydrogen-bond donors (Lipinski definition) is 1. The Morgan fingerprint density at radius 2 is 1.66 bits per heavy atom. The molecule has 0 saturated carbocycles. The molecule has 0 spiro atoms. The first-order valence-electron chi connectivity index (χ1n) is 12.3. The molecule has 206 valence electrons. The smallest absolute Gasteiger partial charge is 0.349 e. The van der Waals surface area contributed by atoms with Crippen LogP contribution in [0, 0.1) is 11.3 Å². The van der Waals surface area contributed by atoms with Crippen LogP contribution in [-0.2, 0) is 11.4 Å². The number of carbonyl (C=O) groups is 1. The summed E-state index contributed by atoms with van der Waals surface area (Å²) in [5.74, 6) is 0.409. The number of allylic oxidation sites excluding steroid dienone is 1. The maximum Gasteiger partial charge on any atom is 0.349 e. The van der Waals surface area contributed by atoms with Crippen LogP contribution in [-0.4, -0.2) is 12.6 Å². The van der Waals surface area contributed by atoms with Crippen LogP contribution in [0.1, 0.15) is 22.6 Å². The Morgan fingerprint density at radius 3 is 2.39 bits per heavy atom. The average molecular weight is 608 g/mol. The molecule has 1 heterocycles. The molecular formula is C31H21Cl3N2O5. The van der Waals surface area contributed by atoms with Gasteiger partial charge in [-0.05, 0) is 48.0 Å². The van der Waals surface area contributed by atoms with Crippen LogP contribution in [0.5, 0.6) is 23.0 Å². The average Bonchev–Trinajstić information content (AvgIpc) is 2.96. The standard InChI is InChI=1S/C31H21Cl3N2O5/c32-20-8-5-19(26(34)13-20)16-38-21-9-6-18(7-10-21)30-23-12-11-22(14-28(23)41-31(36)24(30)15-35)40-29(37)17-39-27-4-2-1-3-25(27)33/h1-14,30H,16-17,36H2. The third kappa shape index (κ3) is 6.53. The largest absolute Gasteiger partial charge is 0.489 e. The zero-order chi connectivity index (χ0) is 28.9. The number of fused-ring (bicyclic) bond motifs is 1. The second kappa shape index (κ2) is 12.4. The second-order valence-corrected chi connectivity index (χ2v) is 10.2. The number of para-hydroxylation sites is 1. The van der Waals surface area contributed by atoms with Crippen molar-refractivity contribution in [3.63, 3.8) is 0 Å². The fourth-order valence-corrected chi connectivity index (χ4v) is 4.91. The van der Waals surface area contributed by atoms with Crippen molar-refractivity contribution in [2.75, 3.05) is 6.61 Å². The molecule has 0 aliphatic carbocycles. The lowest BCUT2D eigenvalue weighted by Crippen LogP contribution is -2.21. The van der Waals surface area contributed by atoms with Gasteiger partial charge >= 0.3 is 5.97 Å². The van der Waals surface area contributed by atoms with Crippen molar-refractivity contribution in [3.8, 4) is 29.1 Å². The summed E-state index contributed by atoms with van der Waals surface area (Å²) in [5.41, 5.74) is 8.66. The summed E-state index contributed by atoms with van der Waals surface area (Å²) in [4.78, 5) is 12.4. The van der Waals surface area contributed by atoms with E-state index in [-0.39, 0.29) is 30.4 Å². The van der Waals surface area contributed by atoms with E-state index in [0.29, 0.717) is 37.9 Å². The van der Waals surface area contributed by atoms with Crippen LogP contribution in [0.3, 0.4) is 0 Å². The van der Waals surface area contributed by atoms with Crippen LogP contribution in [0.2, 0.25) is 15.1 Å². The molecule has 5 rings (SSSR count). The van der Waals surface area contributed by atoms with Crippen molar-refractivity contribution in [1.29, 1.82) is 5.26 Å². The molecule has 1 aliphatic rings. The molecule has 0 bridgehead atoms. The Morgan fingerprint density at radius 1 is 0.902 bits per heavy atom. The molecule has 0 aromatic heterocycles. The minimum absolute atomic E-state index is 0.0340. The van der Waals surface area contributed by atoms with Crippen molar-refractivity contribution in [2.45, 2.75) is 12.5 Å². The molecule has 10 heteroatoms. The van der Waals surface area contributed by atoms with Gasteiger partial charge in [0.05, 0.1) is 10.9 Å². The fraction of sp³-hybridized carbons (Fsp3) is 0.0968. The summed E-state index contributed by atoms with van der Waals surface area (Å²) in [5, 5.41) is 11.3. The monoisotopic (exact) mass is 606 g/mol. The number of rotatable bonds is 8. The lowest BCUT2D eigenvalue weighted by Gasteiger charge is -2.26. The first-order chi connectivity index (χ1) is 19.8. The van der Waals surface area contributed by atoms with E-state index < -0.39 is 11.9 Å². The number of nitrogens with zero attached hydrogens (tertiary/aromatic N) is 1. The van der Waals surface area contributed by atoms with Crippen molar-refractivity contribution < 1.29 is 23.7 Å². The van der Waals surface area contributed by atoms with Crippen LogP contribution in [0.15, 0.2) is 96.4 Å². The highest BCUT2D eigenvalue weighted by Crippen LogP contribution is 2.43. The van der Waals surface area contributed by atoms with Gasteiger partial charge in [-0.1, -0.05) is 71.2 Å². The van der Waals surface area contributed by atoms with Gasteiger partial charge in [0, 0.05) is 27.2 Å². The van der Waals surface area contributed by atoms with E-state index in [2.05, 4.69) is 6.07 Å². The summed E-state index contributed by atoms with van der Waals surface area (Å²) in [6, 6.07) is 26.4. The normalized spacial score (nSPS) is 14.0. The fourth-order valence-electron chi connectivity index (χ4n) is 4.26. The van der Waals surface area contributed by atoms with Gasteiger partial charge in [-0.15, -0.1) is 0 Å². The van der Waals surface area contributed by atoms with E-state index in [0.717, 1.165) is 11.1 Å². The van der Waals surface area contributed by atoms with Gasteiger partial charge in [0.1, 0.15) is 41.2 Å². The van der Waals surface area contributed by atoms with Gasteiger partial charge in [0.2, 0.25) is 5.88 Å². The van der Waals surface area contributed by atoms with Crippen molar-refractivity contribution in [3.05, 3.63) is 128 Å². The molecule has 41 heavy (non-hydrogen) atoms. The Balaban J connectivity index is 1.31. The van der Waals surface area contributed by atoms with Gasteiger partial charge in [0.25, 0.3) is 0 Å². The Bertz CT molecular complexity index is 1680. The maximum atomic E-state index is 12.4. The maximum absolute atomic E-state index is 12.4. The number of nitriles is 1. The zero-order valence-corrected chi connectivity index (χ0v) is 23.5. The Labute approximate surface area is 251 Å². The molecule has 0 saturated heterocycles. The summed E-state index contributed by atoms with van der Waals surface area (Å²) >= 11 is 18.3. The lowest BCUT2D eigenvalue weighted by molar-refractivity contribution is -0.136. The van der Waals surface area contributed by atoms with Gasteiger partial charge in [-0.25, -0.2) is 4.79 Å². The van der Waals surface area contributed by atoms with Crippen LogP contribution in [0.4, 0.5) is 0 Å². The molecule has 4 aromatic carbocycles. The van der Waals surface area contributed by atoms with Crippen LogP contribution in [0.25, 0.3) is 0 Å². The van der Waals surface area contributed by atoms with E-state index in [9.17, 15) is 10.1 Å². The van der Waals surface area contributed by atoms with E-state index >= 15 is 0 Å². The Kier molecular flexibility index (Phi) is 8.55. The number of benzene rings is 4. The highest BCUT2D eigenvalue weighted by atomic mass is 35.5. The first kappa shape index (κ1) is 28.2. The highest BCUT2D eigenvalue weighted by molar-refractivity contribution is 6.35. The summed E-state index contributed by atoms with van der Waals surface area (Å²) < 4.78 is 22.5. The molecule has 1 aliphatic heterocycles. The third-order valence-corrected chi connectivity index (χ3v) is 7.13. The topological polar surface area (TPSA) is 104 Å². The minimum atomic E-state index is -0.631. The van der Waals surface area contributed by atoms with E-state index in [1.807, 2.05) is 18.2 Å². The van der Waals surface area contributed by atoms with E-state index in [1.54, 1.807) is 66.7 Å². The zero-order valence-electron chi connectivity index (χ0n) is 21.3. The van der Waals surface area contributed by atoms with Crippen molar-refractivity contribution >= 4 is 40.8 Å². The number of esters is 1. The predicted molar refractivity (Wildman–Crippen MR) is 156 cm³/mol. The van der Waals surface area contributed by atoms with Gasteiger partial charge in [-0.2, -0.15) is 5.26 Å². The third-order valence-electron chi connectivity index (χ3n) is 6.23. The molecule has 1 atom stereocenters. The molecule has 1 unspecified atom stereocenters. The van der Waals surface area contributed by atoms with Gasteiger partial charge in [0.15, 0.2) is 6.61 Å².